The Labute approximate surface area is 108 Å². The van der Waals surface area contributed by atoms with Crippen LogP contribution in [0.2, 0.25) is 0 Å². The van der Waals surface area contributed by atoms with Crippen molar-refractivity contribution in [1.82, 2.24) is 0 Å². The smallest absolute Gasteiger partial charge is 0.258 e. The first-order valence-corrected chi connectivity index (χ1v) is 6.65. The van der Waals surface area contributed by atoms with Gasteiger partial charge in [0.15, 0.2) is 0 Å². The Morgan fingerprint density at radius 1 is 1.00 bits per heavy atom. The van der Waals surface area contributed by atoms with Crippen molar-refractivity contribution in [3.8, 4) is 0 Å². The molecule has 2 aromatic rings. The lowest BCUT2D eigenvalue weighted by Gasteiger charge is -2.05. The SMILES string of the molecule is O=[N+]([O-])c1ccc(S(=O)(=O)c2ccccc2F)cc1. The summed E-state index contributed by atoms with van der Waals surface area (Å²) in [5.41, 5.74) is -0.229. The number of nitrogens with zero attached hydrogens (tertiary/aromatic N) is 1. The minimum absolute atomic E-state index is 0.191. The van der Waals surface area contributed by atoms with Crippen molar-refractivity contribution in [3.05, 3.63) is 64.5 Å². The predicted octanol–water partition coefficient (Wildman–Crippen LogP) is 2.57. The quantitative estimate of drug-likeness (QED) is 0.640. The van der Waals surface area contributed by atoms with E-state index in [-0.39, 0.29) is 10.6 Å². The summed E-state index contributed by atoms with van der Waals surface area (Å²) in [5, 5.41) is 10.5. The van der Waals surface area contributed by atoms with Gasteiger partial charge in [0.2, 0.25) is 9.84 Å². The Balaban J connectivity index is 2.52. The van der Waals surface area contributed by atoms with Crippen LogP contribution < -0.4 is 0 Å². The average Bonchev–Trinajstić information content (AvgIpc) is 2.39. The molecule has 0 aliphatic heterocycles. The third kappa shape index (κ3) is 2.45. The van der Waals surface area contributed by atoms with E-state index in [9.17, 15) is 22.9 Å². The van der Waals surface area contributed by atoms with E-state index in [1.807, 2.05) is 0 Å². The molecule has 5 nitrogen and oxygen atoms in total. The lowest BCUT2D eigenvalue weighted by Crippen LogP contribution is -2.04. The van der Waals surface area contributed by atoms with Crippen LogP contribution in [0.25, 0.3) is 0 Å². The average molecular weight is 281 g/mol. The van der Waals surface area contributed by atoms with Crippen molar-refractivity contribution in [2.45, 2.75) is 9.79 Å². The van der Waals surface area contributed by atoms with Crippen LogP contribution in [0.15, 0.2) is 58.3 Å². The summed E-state index contributed by atoms with van der Waals surface area (Å²) in [7, 11) is -4.01. The number of rotatable bonds is 3. The highest BCUT2D eigenvalue weighted by atomic mass is 32.2. The number of halogens is 1. The summed E-state index contributed by atoms with van der Waals surface area (Å²) in [6, 6.07) is 9.26. The molecular formula is C12H8FNO4S. The zero-order valence-electron chi connectivity index (χ0n) is 9.49. The normalized spacial score (nSPS) is 11.2. The van der Waals surface area contributed by atoms with Crippen LogP contribution in [0.4, 0.5) is 10.1 Å². The third-order valence-electron chi connectivity index (χ3n) is 2.48. The second-order valence-corrected chi connectivity index (χ2v) is 5.60. The monoisotopic (exact) mass is 281 g/mol. The van der Waals surface area contributed by atoms with Crippen molar-refractivity contribution in [2.75, 3.05) is 0 Å². The molecular weight excluding hydrogens is 273 g/mol. The number of non-ortho nitro benzene ring substituents is 1. The Morgan fingerprint density at radius 3 is 2.11 bits per heavy atom. The molecule has 0 aliphatic rings. The number of benzene rings is 2. The van der Waals surface area contributed by atoms with Crippen LogP contribution in [0.3, 0.4) is 0 Å². The Kier molecular flexibility index (Phi) is 3.30. The maximum atomic E-state index is 13.5. The van der Waals surface area contributed by atoms with Crippen LogP contribution in [-0.2, 0) is 9.84 Å². The van der Waals surface area contributed by atoms with Crippen molar-refractivity contribution in [2.24, 2.45) is 0 Å². The van der Waals surface area contributed by atoms with Gasteiger partial charge in [-0.15, -0.1) is 0 Å². The minimum atomic E-state index is -4.01. The zero-order valence-corrected chi connectivity index (χ0v) is 10.3. The van der Waals surface area contributed by atoms with Gasteiger partial charge in [0.1, 0.15) is 10.7 Å². The number of nitro benzene ring substituents is 1. The molecule has 0 saturated heterocycles. The first-order valence-electron chi connectivity index (χ1n) is 5.17. The molecule has 0 aromatic heterocycles. The molecule has 0 aliphatic carbocycles. The maximum Gasteiger partial charge on any atom is 0.269 e. The van der Waals surface area contributed by atoms with Crippen molar-refractivity contribution >= 4 is 15.5 Å². The molecule has 0 saturated carbocycles. The van der Waals surface area contributed by atoms with E-state index in [2.05, 4.69) is 0 Å². The molecule has 0 atom stereocenters. The molecule has 19 heavy (non-hydrogen) atoms. The fourth-order valence-electron chi connectivity index (χ4n) is 1.54. The van der Waals surface area contributed by atoms with Crippen LogP contribution in [-0.4, -0.2) is 13.3 Å². The van der Waals surface area contributed by atoms with Crippen LogP contribution in [0, 0.1) is 15.9 Å². The molecule has 0 heterocycles. The fourth-order valence-corrected chi connectivity index (χ4v) is 2.87. The van der Waals surface area contributed by atoms with E-state index in [1.165, 1.54) is 12.1 Å². The molecule has 2 rings (SSSR count). The maximum absolute atomic E-state index is 13.5. The lowest BCUT2D eigenvalue weighted by molar-refractivity contribution is -0.384. The van der Waals surface area contributed by atoms with Gasteiger partial charge in [-0.2, -0.15) is 0 Å². The van der Waals surface area contributed by atoms with Crippen LogP contribution >= 0.6 is 0 Å². The van der Waals surface area contributed by atoms with E-state index >= 15 is 0 Å². The van der Waals surface area contributed by atoms with Gasteiger partial charge >= 0.3 is 0 Å². The summed E-state index contributed by atoms with van der Waals surface area (Å²) in [4.78, 5) is 9.20. The van der Waals surface area contributed by atoms with Gasteiger partial charge in [-0.3, -0.25) is 10.1 Å². The molecule has 0 spiro atoms. The summed E-state index contributed by atoms with van der Waals surface area (Å²) in [5.74, 6) is -0.860. The first kappa shape index (κ1) is 13.2. The second-order valence-electron chi connectivity index (χ2n) is 3.68. The van der Waals surface area contributed by atoms with E-state index in [0.29, 0.717) is 0 Å². The molecule has 0 fully saturated rings. The van der Waals surface area contributed by atoms with Crippen LogP contribution in [0.1, 0.15) is 0 Å². The fraction of sp³-hybridized carbons (Fsp3) is 0. The van der Waals surface area contributed by atoms with Gasteiger partial charge in [0, 0.05) is 12.1 Å². The van der Waals surface area contributed by atoms with Gasteiger partial charge < -0.3 is 0 Å². The molecule has 0 radical (unpaired) electrons. The topological polar surface area (TPSA) is 77.3 Å². The molecule has 0 unspecified atom stereocenters. The van der Waals surface area contributed by atoms with Gasteiger partial charge in [0.25, 0.3) is 5.69 Å². The summed E-state index contributed by atoms with van der Waals surface area (Å²) >= 11 is 0. The van der Waals surface area contributed by atoms with Crippen LogP contribution in [0.5, 0.6) is 0 Å². The second kappa shape index (κ2) is 4.77. The molecule has 98 valence electrons. The van der Waals surface area contributed by atoms with Crippen molar-refractivity contribution in [3.63, 3.8) is 0 Å². The Bertz CT molecular complexity index is 726. The first-order chi connectivity index (χ1) is 8.93. The highest BCUT2D eigenvalue weighted by Gasteiger charge is 2.21. The summed E-state index contributed by atoms with van der Waals surface area (Å²) < 4.78 is 37.7. The zero-order chi connectivity index (χ0) is 14.0. The van der Waals surface area contributed by atoms with Gasteiger partial charge in [-0.25, -0.2) is 12.8 Å². The number of hydrogen-bond acceptors (Lipinski definition) is 4. The highest BCUT2D eigenvalue weighted by molar-refractivity contribution is 7.91. The molecule has 0 N–H and O–H groups in total. The molecule has 7 heteroatoms. The number of hydrogen-bond donors (Lipinski definition) is 0. The van der Waals surface area contributed by atoms with E-state index < -0.39 is 25.5 Å². The van der Waals surface area contributed by atoms with Gasteiger partial charge in [-0.05, 0) is 24.3 Å². The molecule has 2 aromatic carbocycles. The Hall–Kier alpha value is -2.28. The summed E-state index contributed by atoms with van der Waals surface area (Å²) in [6.45, 7) is 0. The number of nitro groups is 1. The van der Waals surface area contributed by atoms with Gasteiger partial charge in [0.05, 0.1) is 9.82 Å². The molecule has 0 bridgehead atoms. The number of sulfone groups is 1. The predicted molar refractivity (Wildman–Crippen MR) is 64.9 cm³/mol. The van der Waals surface area contributed by atoms with Crippen molar-refractivity contribution < 1.29 is 17.7 Å². The standard InChI is InChI=1S/C12H8FNO4S/c13-11-3-1-2-4-12(11)19(17,18)10-7-5-9(6-8-10)14(15)16/h1-8H. The lowest BCUT2D eigenvalue weighted by atomic mass is 10.3. The van der Waals surface area contributed by atoms with Crippen molar-refractivity contribution in [1.29, 1.82) is 0 Å². The van der Waals surface area contributed by atoms with E-state index in [4.69, 9.17) is 0 Å². The highest BCUT2D eigenvalue weighted by Crippen LogP contribution is 2.24. The van der Waals surface area contributed by atoms with Gasteiger partial charge in [-0.1, -0.05) is 12.1 Å². The Morgan fingerprint density at radius 2 is 1.58 bits per heavy atom. The largest absolute Gasteiger partial charge is 0.269 e. The summed E-state index contributed by atoms with van der Waals surface area (Å²) in [6.07, 6.45) is 0. The third-order valence-corrected chi connectivity index (χ3v) is 4.29. The minimum Gasteiger partial charge on any atom is -0.258 e. The molecule has 0 amide bonds. The van der Waals surface area contributed by atoms with E-state index in [1.54, 1.807) is 0 Å². The van der Waals surface area contributed by atoms with E-state index in [0.717, 1.165) is 36.4 Å².